The van der Waals surface area contributed by atoms with Gasteiger partial charge in [0.1, 0.15) is 4.90 Å². The highest BCUT2D eigenvalue weighted by molar-refractivity contribution is 7.92. The quantitative estimate of drug-likeness (QED) is 0.456. The fraction of sp³-hybridized carbons (Fsp3) is 0.519. The molecule has 2 aliphatic rings. The third-order valence-electron chi connectivity index (χ3n) is 7.08. The second-order valence-electron chi connectivity index (χ2n) is 10.3. The van der Waals surface area contributed by atoms with Gasteiger partial charge in [-0.2, -0.15) is 0 Å². The molecule has 1 saturated heterocycles. The molecule has 190 valence electrons. The van der Waals surface area contributed by atoms with E-state index in [0.717, 1.165) is 62.9 Å². The Kier molecular flexibility index (Phi) is 8.02. The van der Waals surface area contributed by atoms with Crippen molar-refractivity contribution in [3.8, 4) is 0 Å². The number of hydrogen-bond donors (Lipinski definition) is 3. The second kappa shape index (κ2) is 11.0. The van der Waals surface area contributed by atoms with Gasteiger partial charge in [-0.1, -0.05) is 32.0 Å². The number of likely N-dealkylation sites (tertiary alicyclic amines) is 1. The average molecular weight is 500 g/mol. The van der Waals surface area contributed by atoms with Crippen LogP contribution in [0, 0.1) is 11.8 Å². The van der Waals surface area contributed by atoms with E-state index in [1.54, 1.807) is 24.3 Å². The first-order chi connectivity index (χ1) is 16.7. The molecular formula is C27H37N3O4S. The minimum absolute atomic E-state index is 0.0735. The number of para-hydroxylation sites is 1. The first kappa shape index (κ1) is 25.5. The molecule has 2 aromatic carbocycles. The first-order valence-corrected chi connectivity index (χ1v) is 14.2. The van der Waals surface area contributed by atoms with E-state index in [4.69, 9.17) is 0 Å². The standard InChI is InChI=1S/C27H37N3O4S/c1-19(2)18-30-15-13-20(14-16-30)17-28-23-9-5-6-10-25(23)35(33,34)29-24-12-11-21-7-3-4-8-22(21)26(24)27(31)32/h5-6,9-12,19-20,28-29H,3-4,7-8,13-18H2,1-2H3,(H,31,32). The third-order valence-corrected chi connectivity index (χ3v) is 8.50. The Morgan fingerprint density at radius 3 is 2.49 bits per heavy atom. The number of rotatable bonds is 9. The summed E-state index contributed by atoms with van der Waals surface area (Å²) < 4.78 is 29.4. The van der Waals surface area contributed by atoms with E-state index in [1.165, 1.54) is 0 Å². The molecule has 2 aromatic rings. The Morgan fingerprint density at radius 1 is 1.06 bits per heavy atom. The number of carboxylic acids is 1. The maximum atomic E-state index is 13.4. The molecule has 8 heteroatoms. The van der Waals surface area contributed by atoms with Crippen LogP contribution in [-0.2, 0) is 22.9 Å². The number of carboxylic acid groups (broad SMARTS) is 1. The maximum Gasteiger partial charge on any atom is 0.338 e. The molecule has 1 heterocycles. The van der Waals surface area contributed by atoms with Gasteiger partial charge in [0.25, 0.3) is 10.0 Å². The smallest absolute Gasteiger partial charge is 0.338 e. The van der Waals surface area contributed by atoms with Crippen LogP contribution in [0.2, 0.25) is 0 Å². The largest absolute Gasteiger partial charge is 0.478 e. The van der Waals surface area contributed by atoms with Crippen LogP contribution in [0.25, 0.3) is 0 Å². The number of aryl methyl sites for hydroxylation is 1. The summed E-state index contributed by atoms with van der Waals surface area (Å²) in [6, 6.07) is 10.3. The number of sulfonamides is 1. The number of aromatic carboxylic acids is 1. The molecule has 3 N–H and O–H groups in total. The minimum atomic E-state index is -3.99. The molecular weight excluding hydrogens is 462 g/mol. The van der Waals surface area contributed by atoms with E-state index in [0.29, 0.717) is 30.5 Å². The molecule has 0 atom stereocenters. The van der Waals surface area contributed by atoms with Crippen LogP contribution in [0.15, 0.2) is 41.3 Å². The lowest BCUT2D eigenvalue weighted by Crippen LogP contribution is -2.37. The van der Waals surface area contributed by atoms with Crippen molar-refractivity contribution in [3.63, 3.8) is 0 Å². The van der Waals surface area contributed by atoms with Gasteiger partial charge in [0.2, 0.25) is 0 Å². The number of piperidine rings is 1. The van der Waals surface area contributed by atoms with Gasteiger partial charge < -0.3 is 15.3 Å². The fourth-order valence-electron chi connectivity index (χ4n) is 5.35. The monoisotopic (exact) mass is 499 g/mol. The topological polar surface area (TPSA) is 98.7 Å². The molecule has 7 nitrogen and oxygen atoms in total. The summed E-state index contributed by atoms with van der Waals surface area (Å²) in [5.74, 6) is 0.0454. The van der Waals surface area contributed by atoms with E-state index in [1.807, 2.05) is 12.1 Å². The fourth-order valence-corrected chi connectivity index (χ4v) is 6.60. The van der Waals surface area contributed by atoms with Crippen molar-refractivity contribution in [2.75, 3.05) is 36.2 Å². The van der Waals surface area contributed by atoms with Gasteiger partial charge in [-0.25, -0.2) is 13.2 Å². The number of benzene rings is 2. The molecule has 4 rings (SSSR count). The van der Waals surface area contributed by atoms with Crippen LogP contribution in [0.4, 0.5) is 11.4 Å². The highest BCUT2D eigenvalue weighted by atomic mass is 32.2. The van der Waals surface area contributed by atoms with Gasteiger partial charge in [-0.05, 0) is 92.8 Å². The highest BCUT2D eigenvalue weighted by Gasteiger charge is 2.26. The number of fused-ring (bicyclic) bond motifs is 1. The zero-order valence-electron chi connectivity index (χ0n) is 20.7. The van der Waals surface area contributed by atoms with Gasteiger partial charge in [0.15, 0.2) is 0 Å². The summed E-state index contributed by atoms with van der Waals surface area (Å²) in [6.07, 6.45) is 5.58. The van der Waals surface area contributed by atoms with Gasteiger partial charge >= 0.3 is 5.97 Å². The molecule has 0 unspecified atom stereocenters. The number of nitrogens with zero attached hydrogens (tertiary/aromatic N) is 1. The molecule has 35 heavy (non-hydrogen) atoms. The van der Waals surface area contributed by atoms with Crippen LogP contribution in [0.3, 0.4) is 0 Å². The predicted octanol–water partition coefficient (Wildman–Crippen LogP) is 4.84. The Bertz CT molecular complexity index is 1160. The normalized spacial score (nSPS) is 17.2. The second-order valence-corrected chi connectivity index (χ2v) is 11.9. The Morgan fingerprint density at radius 2 is 1.77 bits per heavy atom. The summed E-state index contributed by atoms with van der Waals surface area (Å²) >= 11 is 0. The third kappa shape index (κ3) is 6.16. The molecule has 0 amide bonds. The van der Waals surface area contributed by atoms with Crippen LogP contribution < -0.4 is 10.0 Å². The summed E-state index contributed by atoms with van der Waals surface area (Å²) in [6.45, 7) is 8.45. The van der Waals surface area contributed by atoms with Crippen molar-refractivity contribution in [2.45, 2.75) is 57.3 Å². The van der Waals surface area contributed by atoms with Crippen LogP contribution in [0.1, 0.15) is 61.0 Å². The number of nitrogens with one attached hydrogen (secondary N) is 2. The molecule has 0 spiro atoms. The van der Waals surface area contributed by atoms with E-state index in [9.17, 15) is 18.3 Å². The molecule has 1 fully saturated rings. The summed E-state index contributed by atoms with van der Waals surface area (Å²) in [5, 5.41) is 13.3. The lowest BCUT2D eigenvalue weighted by molar-refractivity contribution is 0.0696. The minimum Gasteiger partial charge on any atom is -0.478 e. The molecule has 1 aliphatic carbocycles. The molecule has 0 radical (unpaired) electrons. The van der Waals surface area contributed by atoms with E-state index in [-0.39, 0.29) is 16.1 Å². The lowest BCUT2D eigenvalue weighted by atomic mass is 9.87. The van der Waals surface area contributed by atoms with E-state index >= 15 is 0 Å². The first-order valence-electron chi connectivity index (χ1n) is 12.7. The van der Waals surface area contributed by atoms with Crippen LogP contribution in [0.5, 0.6) is 0 Å². The zero-order valence-corrected chi connectivity index (χ0v) is 21.5. The Balaban J connectivity index is 1.49. The number of carbonyl (C=O) groups is 1. The van der Waals surface area contributed by atoms with Crippen LogP contribution in [-0.4, -0.2) is 50.6 Å². The van der Waals surface area contributed by atoms with Crippen molar-refractivity contribution >= 4 is 27.4 Å². The van der Waals surface area contributed by atoms with Gasteiger partial charge in [-0.15, -0.1) is 0 Å². The van der Waals surface area contributed by atoms with Crippen LogP contribution >= 0.6 is 0 Å². The van der Waals surface area contributed by atoms with Gasteiger partial charge in [0.05, 0.1) is 16.9 Å². The van der Waals surface area contributed by atoms with Crippen molar-refractivity contribution in [3.05, 3.63) is 53.1 Å². The molecule has 0 aromatic heterocycles. The zero-order chi connectivity index (χ0) is 25.0. The van der Waals surface area contributed by atoms with Crippen molar-refractivity contribution in [1.82, 2.24) is 4.90 Å². The highest BCUT2D eigenvalue weighted by Crippen LogP contribution is 2.32. The van der Waals surface area contributed by atoms with E-state index in [2.05, 4.69) is 28.8 Å². The van der Waals surface area contributed by atoms with Gasteiger partial charge in [0, 0.05) is 13.1 Å². The summed E-state index contributed by atoms with van der Waals surface area (Å²) in [7, 11) is -3.99. The Labute approximate surface area is 209 Å². The van der Waals surface area contributed by atoms with Crippen molar-refractivity contribution in [2.24, 2.45) is 11.8 Å². The average Bonchev–Trinajstić information content (AvgIpc) is 2.83. The lowest BCUT2D eigenvalue weighted by Gasteiger charge is -2.33. The number of hydrogen-bond acceptors (Lipinski definition) is 5. The summed E-state index contributed by atoms with van der Waals surface area (Å²) in [5.41, 5.74) is 2.49. The maximum absolute atomic E-state index is 13.4. The Hall–Kier alpha value is -2.58. The van der Waals surface area contributed by atoms with Crippen molar-refractivity contribution < 1.29 is 18.3 Å². The van der Waals surface area contributed by atoms with E-state index < -0.39 is 16.0 Å². The van der Waals surface area contributed by atoms with Gasteiger partial charge in [-0.3, -0.25) is 4.72 Å². The summed E-state index contributed by atoms with van der Waals surface area (Å²) in [4.78, 5) is 14.7. The SMILES string of the molecule is CC(C)CN1CCC(CNc2ccccc2S(=O)(=O)Nc2ccc3c(c2C(=O)O)CCCC3)CC1. The molecule has 0 saturated carbocycles. The number of anilines is 2. The predicted molar refractivity (Wildman–Crippen MR) is 140 cm³/mol. The molecule has 0 bridgehead atoms. The molecule has 1 aliphatic heterocycles. The van der Waals surface area contributed by atoms with Crippen molar-refractivity contribution in [1.29, 1.82) is 0 Å².